The summed E-state index contributed by atoms with van der Waals surface area (Å²) in [6, 6.07) is 14.4. The Labute approximate surface area is 133 Å². The average Bonchev–Trinajstić information content (AvgIpc) is 2.86. The van der Waals surface area contributed by atoms with Crippen molar-refractivity contribution < 1.29 is 14.0 Å². The molecule has 0 aliphatic carbocycles. The van der Waals surface area contributed by atoms with Gasteiger partial charge >= 0.3 is 0 Å². The van der Waals surface area contributed by atoms with Crippen molar-refractivity contribution in [3.8, 4) is 0 Å². The molecule has 116 valence electrons. The van der Waals surface area contributed by atoms with Gasteiger partial charge in [-0.25, -0.2) is 0 Å². The molecule has 5 heteroatoms. The summed E-state index contributed by atoms with van der Waals surface area (Å²) < 4.78 is 5.64. The van der Waals surface area contributed by atoms with E-state index in [4.69, 9.17) is 4.42 Å². The van der Waals surface area contributed by atoms with E-state index in [-0.39, 0.29) is 11.8 Å². The van der Waals surface area contributed by atoms with E-state index in [0.29, 0.717) is 22.7 Å². The van der Waals surface area contributed by atoms with Gasteiger partial charge in [0, 0.05) is 29.2 Å². The smallest absolute Gasteiger partial charge is 0.291 e. The minimum atomic E-state index is -0.300. The van der Waals surface area contributed by atoms with Crippen molar-refractivity contribution >= 4 is 34.2 Å². The summed E-state index contributed by atoms with van der Waals surface area (Å²) in [7, 11) is 0. The number of para-hydroxylation sites is 1. The number of anilines is 2. The van der Waals surface area contributed by atoms with Crippen LogP contribution in [-0.2, 0) is 4.79 Å². The molecular formula is C18H16N2O3. The summed E-state index contributed by atoms with van der Waals surface area (Å²) in [5.74, 6) is -0.136. The van der Waals surface area contributed by atoms with E-state index in [1.165, 1.54) is 6.92 Å². The van der Waals surface area contributed by atoms with Crippen molar-refractivity contribution in [3.63, 3.8) is 0 Å². The first-order valence-corrected chi connectivity index (χ1v) is 7.22. The number of rotatable bonds is 3. The monoisotopic (exact) mass is 308 g/mol. The molecule has 1 heterocycles. The number of amides is 2. The molecule has 0 spiro atoms. The normalized spacial score (nSPS) is 10.5. The first-order valence-electron chi connectivity index (χ1n) is 7.22. The van der Waals surface area contributed by atoms with Gasteiger partial charge in [-0.2, -0.15) is 0 Å². The SMILES string of the molecule is CC(=O)Nc1ccc(NC(=O)c2oc3ccccc3c2C)cc1. The van der Waals surface area contributed by atoms with Crippen LogP contribution in [0.2, 0.25) is 0 Å². The van der Waals surface area contributed by atoms with Crippen LogP contribution in [0.1, 0.15) is 23.0 Å². The largest absolute Gasteiger partial charge is 0.451 e. The van der Waals surface area contributed by atoms with Crippen molar-refractivity contribution in [2.75, 3.05) is 10.6 Å². The van der Waals surface area contributed by atoms with Crippen LogP contribution in [0.25, 0.3) is 11.0 Å². The summed E-state index contributed by atoms with van der Waals surface area (Å²) in [5, 5.41) is 6.40. The molecule has 2 aromatic carbocycles. The fraction of sp³-hybridized carbons (Fsp3) is 0.111. The third-order valence-corrected chi connectivity index (χ3v) is 3.51. The maximum Gasteiger partial charge on any atom is 0.291 e. The number of benzene rings is 2. The zero-order valence-corrected chi connectivity index (χ0v) is 12.8. The second-order valence-corrected chi connectivity index (χ2v) is 5.27. The molecule has 0 bridgehead atoms. The molecule has 3 aromatic rings. The van der Waals surface area contributed by atoms with Gasteiger partial charge < -0.3 is 15.1 Å². The molecule has 0 radical (unpaired) electrons. The Morgan fingerprint density at radius 2 is 1.52 bits per heavy atom. The van der Waals surface area contributed by atoms with E-state index >= 15 is 0 Å². The Morgan fingerprint density at radius 3 is 2.13 bits per heavy atom. The minimum Gasteiger partial charge on any atom is -0.451 e. The van der Waals surface area contributed by atoms with E-state index in [0.717, 1.165) is 10.9 Å². The zero-order valence-electron chi connectivity index (χ0n) is 12.8. The van der Waals surface area contributed by atoms with Crippen LogP contribution in [0.4, 0.5) is 11.4 Å². The Balaban J connectivity index is 1.80. The van der Waals surface area contributed by atoms with Gasteiger partial charge in [-0.3, -0.25) is 9.59 Å². The van der Waals surface area contributed by atoms with Crippen molar-refractivity contribution in [3.05, 3.63) is 59.9 Å². The molecule has 2 N–H and O–H groups in total. The number of aryl methyl sites for hydroxylation is 1. The lowest BCUT2D eigenvalue weighted by Crippen LogP contribution is -2.12. The summed E-state index contributed by atoms with van der Waals surface area (Å²) in [4.78, 5) is 23.4. The molecule has 2 amide bonds. The zero-order chi connectivity index (χ0) is 16.4. The number of carbonyl (C=O) groups excluding carboxylic acids is 2. The molecule has 1 aromatic heterocycles. The Morgan fingerprint density at radius 1 is 0.913 bits per heavy atom. The highest BCUT2D eigenvalue weighted by Gasteiger charge is 2.17. The predicted molar refractivity (Wildman–Crippen MR) is 89.6 cm³/mol. The molecule has 0 aliphatic rings. The van der Waals surface area contributed by atoms with Crippen LogP contribution < -0.4 is 10.6 Å². The number of furan rings is 1. The van der Waals surface area contributed by atoms with Crippen LogP contribution in [0.15, 0.2) is 52.9 Å². The molecule has 0 saturated heterocycles. The van der Waals surface area contributed by atoms with Gasteiger partial charge in [-0.05, 0) is 37.3 Å². The lowest BCUT2D eigenvalue weighted by Gasteiger charge is -2.06. The molecule has 0 fully saturated rings. The Kier molecular flexibility index (Phi) is 3.85. The highest BCUT2D eigenvalue weighted by molar-refractivity contribution is 6.06. The van der Waals surface area contributed by atoms with Gasteiger partial charge in [0.15, 0.2) is 5.76 Å². The van der Waals surface area contributed by atoms with Gasteiger partial charge in [0.05, 0.1) is 0 Å². The predicted octanol–water partition coefficient (Wildman–Crippen LogP) is 3.95. The van der Waals surface area contributed by atoms with Crippen LogP contribution >= 0.6 is 0 Å². The molecule has 23 heavy (non-hydrogen) atoms. The topological polar surface area (TPSA) is 71.3 Å². The lowest BCUT2D eigenvalue weighted by atomic mass is 10.1. The van der Waals surface area contributed by atoms with Gasteiger partial charge in [-0.1, -0.05) is 18.2 Å². The van der Waals surface area contributed by atoms with Crippen molar-refractivity contribution in [1.29, 1.82) is 0 Å². The molecule has 3 rings (SSSR count). The van der Waals surface area contributed by atoms with E-state index < -0.39 is 0 Å². The summed E-state index contributed by atoms with van der Waals surface area (Å²) in [6.45, 7) is 3.31. The highest BCUT2D eigenvalue weighted by Crippen LogP contribution is 2.25. The first-order chi connectivity index (χ1) is 11.0. The summed E-state index contributed by atoms with van der Waals surface area (Å²) >= 11 is 0. The van der Waals surface area contributed by atoms with Crippen LogP contribution in [0.3, 0.4) is 0 Å². The number of fused-ring (bicyclic) bond motifs is 1. The third-order valence-electron chi connectivity index (χ3n) is 3.51. The van der Waals surface area contributed by atoms with Crippen LogP contribution in [0.5, 0.6) is 0 Å². The van der Waals surface area contributed by atoms with E-state index in [2.05, 4.69) is 10.6 Å². The molecule has 0 atom stereocenters. The second-order valence-electron chi connectivity index (χ2n) is 5.27. The van der Waals surface area contributed by atoms with Crippen molar-refractivity contribution in [1.82, 2.24) is 0 Å². The van der Waals surface area contributed by atoms with E-state index in [1.807, 2.05) is 31.2 Å². The van der Waals surface area contributed by atoms with Crippen LogP contribution in [-0.4, -0.2) is 11.8 Å². The fourth-order valence-corrected chi connectivity index (χ4v) is 2.42. The van der Waals surface area contributed by atoms with Gasteiger partial charge in [0.25, 0.3) is 5.91 Å². The van der Waals surface area contributed by atoms with Gasteiger partial charge in [0.2, 0.25) is 5.91 Å². The maximum absolute atomic E-state index is 12.4. The number of nitrogens with one attached hydrogen (secondary N) is 2. The molecule has 0 unspecified atom stereocenters. The first kappa shape index (κ1) is 14.8. The van der Waals surface area contributed by atoms with E-state index in [9.17, 15) is 9.59 Å². The highest BCUT2D eigenvalue weighted by atomic mass is 16.3. The number of carbonyl (C=O) groups is 2. The van der Waals surface area contributed by atoms with Crippen LogP contribution in [0, 0.1) is 6.92 Å². The van der Waals surface area contributed by atoms with Crippen molar-refractivity contribution in [2.24, 2.45) is 0 Å². The molecule has 5 nitrogen and oxygen atoms in total. The standard InChI is InChI=1S/C18H16N2O3/c1-11-15-5-3-4-6-16(15)23-17(11)18(22)20-14-9-7-13(8-10-14)19-12(2)21/h3-10H,1-2H3,(H,19,21)(H,20,22). The number of hydrogen-bond acceptors (Lipinski definition) is 3. The summed E-state index contributed by atoms with van der Waals surface area (Å²) in [5.41, 5.74) is 2.81. The van der Waals surface area contributed by atoms with Gasteiger partial charge in [0.1, 0.15) is 5.58 Å². The molecule has 0 aliphatic heterocycles. The fourth-order valence-electron chi connectivity index (χ4n) is 2.42. The second kappa shape index (κ2) is 5.96. The molecular weight excluding hydrogens is 292 g/mol. The quantitative estimate of drug-likeness (QED) is 0.769. The lowest BCUT2D eigenvalue weighted by molar-refractivity contribution is -0.114. The third kappa shape index (κ3) is 3.08. The Hall–Kier alpha value is -3.08. The average molecular weight is 308 g/mol. The van der Waals surface area contributed by atoms with Crippen molar-refractivity contribution in [2.45, 2.75) is 13.8 Å². The number of hydrogen-bond donors (Lipinski definition) is 2. The summed E-state index contributed by atoms with van der Waals surface area (Å²) in [6.07, 6.45) is 0. The maximum atomic E-state index is 12.4. The van der Waals surface area contributed by atoms with E-state index in [1.54, 1.807) is 24.3 Å². The Bertz CT molecular complexity index is 879. The minimum absolute atomic E-state index is 0.139. The van der Waals surface area contributed by atoms with Gasteiger partial charge in [-0.15, -0.1) is 0 Å². The molecule has 0 saturated carbocycles.